The second kappa shape index (κ2) is 5.45. The van der Waals surface area contributed by atoms with Crippen molar-refractivity contribution in [1.29, 1.82) is 0 Å². The van der Waals surface area contributed by atoms with E-state index in [1.165, 1.54) is 0 Å². The van der Waals surface area contributed by atoms with E-state index in [9.17, 15) is 0 Å². The van der Waals surface area contributed by atoms with E-state index in [1.54, 1.807) is 6.20 Å². The second-order valence-corrected chi connectivity index (χ2v) is 3.53. The maximum atomic E-state index is 5.79. The molecule has 5 heteroatoms. The topological polar surface area (TPSA) is 74.2 Å². The number of aromatic nitrogens is 2. The van der Waals surface area contributed by atoms with Crippen molar-refractivity contribution >= 4 is 5.82 Å². The first kappa shape index (κ1) is 11.6. The lowest BCUT2D eigenvalue weighted by molar-refractivity contribution is 0.145. The second-order valence-electron chi connectivity index (χ2n) is 3.53. The van der Waals surface area contributed by atoms with Crippen molar-refractivity contribution in [2.75, 3.05) is 18.9 Å². The summed E-state index contributed by atoms with van der Waals surface area (Å²) in [4.78, 5) is 4.25. The highest BCUT2D eigenvalue weighted by atomic mass is 16.5. The van der Waals surface area contributed by atoms with E-state index in [-0.39, 0.29) is 0 Å². The minimum absolute atomic E-state index is 0.371. The van der Waals surface area contributed by atoms with Gasteiger partial charge in [-0.1, -0.05) is 11.2 Å². The summed E-state index contributed by atoms with van der Waals surface area (Å²) in [6.45, 7) is 3.22. The number of nitrogens with zero attached hydrogens (tertiary/aromatic N) is 2. The molecular weight excluding hydrogens is 218 g/mol. The van der Waals surface area contributed by atoms with Crippen molar-refractivity contribution in [3.05, 3.63) is 30.2 Å². The maximum absolute atomic E-state index is 5.79. The molecule has 0 amide bonds. The minimum atomic E-state index is 0.371. The van der Waals surface area contributed by atoms with Gasteiger partial charge in [0.1, 0.15) is 0 Å². The molecule has 2 aromatic heterocycles. The van der Waals surface area contributed by atoms with Gasteiger partial charge in [0.15, 0.2) is 11.6 Å². The molecule has 0 spiro atoms. The molecule has 0 aromatic carbocycles. The first-order chi connectivity index (χ1) is 8.33. The highest BCUT2D eigenvalue weighted by Crippen LogP contribution is 2.27. The van der Waals surface area contributed by atoms with Crippen LogP contribution < -0.4 is 5.73 Å². The van der Waals surface area contributed by atoms with E-state index in [0.717, 1.165) is 17.0 Å². The van der Waals surface area contributed by atoms with E-state index >= 15 is 0 Å². The third-order valence-corrected chi connectivity index (χ3v) is 2.39. The zero-order chi connectivity index (χ0) is 12.1. The van der Waals surface area contributed by atoms with E-state index in [1.807, 2.05) is 25.1 Å². The van der Waals surface area contributed by atoms with Crippen LogP contribution in [0.1, 0.15) is 12.7 Å². The van der Waals surface area contributed by atoms with Gasteiger partial charge in [0.2, 0.25) is 0 Å². The number of ether oxygens (including phenoxy) is 1. The largest absolute Gasteiger partial charge is 0.381 e. The summed E-state index contributed by atoms with van der Waals surface area (Å²) >= 11 is 0. The molecular formula is C12H15N3O2. The number of nitrogen functional groups attached to an aromatic ring is 1. The Morgan fingerprint density at radius 3 is 3.00 bits per heavy atom. The third-order valence-electron chi connectivity index (χ3n) is 2.39. The molecule has 0 atom stereocenters. The first-order valence-electron chi connectivity index (χ1n) is 5.56. The number of rotatable bonds is 5. The van der Waals surface area contributed by atoms with Crippen molar-refractivity contribution in [2.45, 2.75) is 13.3 Å². The van der Waals surface area contributed by atoms with Crippen LogP contribution in [0.15, 0.2) is 28.9 Å². The summed E-state index contributed by atoms with van der Waals surface area (Å²) in [6.07, 6.45) is 2.36. The van der Waals surface area contributed by atoms with Crippen LogP contribution in [-0.4, -0.2) is 23.4 Å². The van der Waals surface area contributed by atoms with Gasteiger partial charge in [-0.2, -0.15) is 0 Å². The Balaban J connectivity index is 2.24. The van der Waals surface area contributed by atoms with Crippen LogP contribution in [0.4, 0.5) is 5.82 Å². The van der Waals surface area contributed by atoms with E-state index < -0.39 is 0 Å². The summed E-state index contributed by atoms with van der Waals surface area (Å²) in [6, 6.07) is 5.64. The summed E-state index contributed by atoms with van der Waals surface area (Å²) in [5.41, 5.74) is 7.34. The quantitative estimate of drug-likeness (QED) is 0.798. The lowest BCUT2D eigenvalue weighted by Gasteiger charge is -2.01. The van der Waals surface area contributed by atoms with Gasteiger partial charge in [0, 0.05) is 19.2 Å². The molecule has 0 saturated carbocycles. The first-order valence-corrected chi connectivity index (χ1v) is 5.56. The summed E-state index contributed by atoms with van der Waals surface area (Å²) in [5.74, 6) is 1.09. The van der Waals surface area contributed by atoms with E-state index in [2.05, 4.69) is 10.1 Å². The van der Waals surface area contributed by atoms with Gasteiger partial charge in [-0.3, -0.25) is 4.98 Å². The Bertz CT molecular complexity index is 468. The average molecular weight is 233 g/mol. The molecule has 0 unspecified atom stereocenters. The Morgan fingerprint density at radius 2 is 2.29 bits per heavy atom. The Labute approximate surface area is 99.6 Å². The maximum Gasteiger partial charge on any atom is 0.176 e. The van der Waals surface area contributed by atoms with Crippen molar-refractivity contribution in [1.82, 2.24) is 10.1 Å². The normalized spacial score (nSPS) is 10.6. The predicted octanol–water partition coefficient (Wildman–Crippen LogP) is 1.90. The Hall–Kier alpha value is -1.88. The lowest BCUT2D eigenvalue weighted by atomic mass is 10.1. The predicted molar refractivity (Wildman–Crippen MR) is 64.3 cm³/mol. The van der Waals surface area contributed by atoms with Crippen LogP contribution in [0.2, 0.25) is 0 Å². The lowest BCUT2D eigenvalue weighted by Crippen LogP contribution is -1.99. The molecule has 0 fully saturated rings. The standard InChI is InChI=1S/C12H15N3O2/c1-2-16-8-6-10-11(12(13)15-17-10)9-5-3-4-7-14-9/h3-5,7H,2,6,8H2,1H3,(H2,13,15). The van der Waals surface area contributed by atoms with Gasteiger partial charge in [-0.15, -0.1) is 0 Å². The van der Waals surface area contributed by atoms with Gasteiger partial charge in [-0.25, -0.2) is 0 Å². The molecule has 5 nitrogen and oxygen atoms in total. The molecule has 2 heterocycles. The number of hydrogen-bond donors (Lipinski definition) is 1. The van der Waals surface area contributed by atoms with E-state index in [4.69, 9.17) is 15.0 Å². The fraction of sp³-hybridized carbons (Fsp3) is 0.333. The van der Waals surface area contributed by atoms with Crippen LogP contribution in [0.3, 0.4) is 0 Å². The van der Waals surface area contributed by atoms with Crippen LogP contribution in [-0.2, 0) is 11.2 Å². The molecule has 0 radical (unpaired) electrons. The molecule has 2 aromatic rings. The van der Waals surface area contributed by atoms with E-state index in [0.29, 0.717) is 25.5 Å². The van der Waals surface area contributed by atoms with Crippen molar-refractivity contribution in [2.24, 2.45) is 0 Å². The highest BCUT2D eigenvalue weighted by molar-refractivity contribution is 5.72. The molecule has 90 valence electrons. The minimum Gasteiger partial charge on any atom is -0.381 e. The Kier molecular flexibility index (Phi) is 3.72. The van der Waals surface area contributed by atoms with Crippen LogP contribution in [0.25, 0.3) is 11.3 Å². The summed E-state index contributed by atoms with van der Waals surface area (Å²) in [7, 11) is 0. The van der Waals surface area contributed by atoms with Gasteiger partial charge >= 0.3 is 0 Å². The van der Waals surface area contributed by atoms with Gasteiger partial charge in [-0.05, 0) is 19.1 Å². The number of hydrogen-bond acceptors (Lipinski definition) is 5. The van der Waals surface area contributed by atoms with Gasteiger partial charge < -0.3 is 15.0 Å². The molecule has 0 saturated heterocycles. The molecule has 2 N–H and O–H groups in total. The molecule has 0 aliphatic heterocycles. The van der Waals surface area contributed by atoms with Crippen molar-refractivity contribution in [3.63, 3.8) is 0 Å². The number of anilines is 1. The molecule has 17 heavy (non-hydrogen) atoms. The smallest absolute Gasteiger partial charge is 0.176 e. The molecule has 0 aliphatic carbocycles. The molecule has 2 rings (SSSR count). The molecule has 0 bridgehead atoms. The fourth-order valence-electron chi connectivity index (χ4n) is 1.60. The Morgan fingerprint density at radius 1 is 1.41 bits per heavy atom. The van der Waals surface area contributed by atoms with Crippen LogP contribution in [0, 0.1) is 0 Å². The zero-order valence-corrected chi connectivity index (χ0v) is 9.72. The van der Waals surface area contributed by atoms with Crippen LogP contribution >= 0.6 is 0 Å². The monoisotopic (exact) mass is 233 g/mol. The number of nitrogens with two attached hydrogens (primary N) is 1. The van der Waals surface area contributed by atoms with Crippen LogP contribution in [0.5, 0.6) is 0 Å². The SMILES string of the molecule is CCOCCc1onc(N)c1-c1ccccn1. The zero-order valence-electron chi connectivity index (χ0n) is 9.72. The fourth-order valence-corrected chi connectivity index (χ4v) is 1.60. The third kappa shape index (κ3) is 2.62. The van der Waals surface area contributed by atoms with Gasteiger partial charge in [0.05, 0.1) is 17.9 Å². The summed E-state index contributed by atoms with van der Waals surface area (Å²) in [5, 5.41) is 3.78. The highest BCUT2D eigenvalue weighted by Gasteiger charge is 2.16. The van der Waals surface area contributed by atoms with Gasteiger partial charge in [0.25, 0.3) is 0 Å². The molecule has 0 aliphatic rings. The van der Waals surface area contributed by atoms with Crippen molar-refractivity contribution < 1.29 is 9.26 Å². The summed E-state index contributed by atoms with van der Waals surface area (Å²) < 4.78 is 10.5. The van der Waals surface area contributed by atoms with Crippen molar-refractivity contribution in [3.8, 4) is 11.3 Å². The average Bonchev–Trinajstić information content (AvgIpc) is 2.72. The number of pyridine rings is 1.